The van der Waals surface area contributed by atoms with Crippen molar-refractivity contribution >= 4 is 11.9 Å². The van der Waals surface area contributed by atoms with E-state index in [1.54, 1.807) is 12.0 Å². The highest BCUT2D eigenvalue weighted by Crippen LogP contribution is 2.27. The second-order valence-corrected chi connectivity index (χ2v) is 7.76. The molecule has 2 heterocycles. The fourth-order valence-electron chi connectivity index (χ4n) is 3.49. The topological polar surface area (TPSA) is 59.1 Å². The van der Waals surface area contributed by atoms with Gasteiger partial charge in [0, 0.05) is 25.6 Å². The molecule has 0 spiro atoms. The molecule has 138 valence electrons. The van der Waals surface area contributed by atoms with Gasteiger partial charge in [0.2, 0.25) is 0 Å². The lowest BCUT2D eigenvalue weighted by Gasteiger charge is -2.43. The van der Waals surface area contributed by atoms with Crippen LogP contribution in [0.25, 0.3) is 0 Å². The van der Waals surface area contributed by atoms with Crippen LogP contribution < -0.4 is 0 Å². The van der Waals surface area contributed by atoms with Gasteiger partial charge in [-0.25, -0.2) is 0 Å². The number of esters is 1. The van der Waals surface area contributed by atoms with Gasteiger partial charge in [0.1, 0.15) is 11.6 Å². The molecule has 2 saturated heterocycles. The summed E-state index contributed by atoms with van der Waals surface area (Å²) in [5.74, 6) is -0.278. The number of piperidine rings is 2. The van der Waals surface area contributed by atoms with Gasteiger partial charge < -0.3 is 9.57 Å². The number of hydrogen-bond acceptors (Lipinski definition) is 6. The number of carbonyl (C=O) groups excluding carboxylic acids is 2. The van der Waals surface area contributed by atoms with Gasteiger partial charge in [-0.2, -0.15) is 0 Å². The van der Waals surface area contributed by atoms with Crippen LogP contribution >= 0.6 is 0 Å². The standard InChI is InChI=1S/C18H32N2O4/c1-5-16(21)24-19-12-9-14(10-13-19)20-11-7-6-8-15(20)17(22)23-18(2,3)4/h14-15H,5-13H2,1-4H3. The minimum atomic E-state index is -0.447. The molecule has 0 amide bonds. The average Bonchev–Trinajstić information content (AvgIpc) is 2.54. The summed E-state index contributed by atoms with van der Waals surface area (Å²) >= 11 is 0. The third kappa shape index (κ3) is 5.45. The first-order valence-electron chi connectivity index (χ1n) is 9.24. The van der Waals surface area contributed by atoms with Gasteiger partial charge in [-0.1, -0.05) is 13.3 Å². The summed E-state index contributed by atoms with van der Waals surface area (Å²) < 4.78 is 5.63. The van der Waals surface area contributed by atoms with Crippen LogP contribution in [0.5, 0.6) is 0 Å². The fourth-order valence-corrected chi connectivity index (χ4v) is 3.49. The van der Waals surface area contributed by atoms with E-state index in [9.17, 15) is 9.59 Å². The quantitative estimate of drug-likeness (QED) is 0.733. The number of carbonyl (C=O) groups is 2. The molecule has 2 rings (SSSR count). The van der Waals surface area contributed by atoms with E-state index in [-0.39, 0.29) is 18.0 Å². The molecule has 6 heteroatoms. The Bertz CT molecular complexity index is 439. The third-order valence-corrected chi connectivity index (χ3v) is 4.64. The number of ether oxygens (including phenoxy) is 1. The molecular weight excluding hydrogens is 308 g/mol. The molecule has 2 aliphatic rings. The van der Waals surface area contributed by atoms with E-state index >= 15 is 0 Å². The molecule has 6 nitrogen and oxygen atoms in total. The molecule has 1 atom stereocenters. The minimum absolute atomic E-state index is 0.0953. The molecule has 0 aromatic rings. The van der Waals surface area contributed by atoms with Crippen molar-refractivity contribution in [3.8, 4) is 0 Å². The Morgan fingerprint density at radius 3 is 2.29 bits per heavy atom. The fraction of sp³-hybridized carbons (Fsp3) is 0.889. The number of nitrogens with zero attached hydrogens (tertiary/aromatic N) is 2. The summed E-state index contributed by atoms with van der Waals surface area (Å²) in [5.41, 5.74) is -0.447. The summed E-state index contributed by atoms with van der Waals surface area (Å²) in [4.78, 5) is 31.6. The van der Waals surface area contributed by atoms with Crippen molar-refractivity contribution in [2.45, 2.75) is 83.9 Å². The Labute approximate surface area is 145 Å². The number of rotatable bonds is 4. The van der Waals surface area contributed by atoms with Gasteiger partial charge in [-0.3, -0.25) is 14.5 Å². The smallest absolute Gasteiger partial charge is 0.324 e. The lowest BCUT2D eigenvalue weighted by atomic mass is 9.95. The van der Waals surface area contributed by atoms with Crippen molar-refractivity contribution in [3.63, 3.8) is 0 Å². The average molecular weight is 340 g/mol. The maximum Gasteiger partial charge on any atom is 0.324 e. The summed E-state index contributed by atoms with van der Waals surface area (Å²) in [6.07, 6.45) is 5.30. The molecule has 2 fully saturated rings. The highest BCUT2D eigenvalue weighted by atomic mass is 16.7. The van der Waals surface area contributed by atoms with Gasteiger partial charge in [-0.15, -0.1) is 5.06 Å². The SMILES string of the molecule is CCC(=O)ON1CCC(N2CCCCC2C(=O)OC(C)(C)C)CC1. The molecule has 1 unspecified atom stereocenters. The van der Waals surface area contributed by atoms with E-state index in [0.29, 0.717) is 12.5 Å². The molecular formula is C18H32N2O4. The second-order valence-electron chi connectivity index (χ2n) is 7.76. The summed E-state index contributed by atoms with van der Waals surface area (Å²) in [6.45, 7) is 9.95. The lowest BCUT2D eigenvalue weighted by molar-refractivity contribution is -0.197. The Morgan fingerprint density at radius 2 is 1.71 bits per heavy atom. The zero-order valence-electron chi connectivity index (χ0n) is 15.5. The Morgan fingerprint density at radius 1 is 1.04 bits per heavy atom. The summed E-state index contributed by atoms with van der Waals surface area (Å²) in [5, 5.41) is 1.76. The van der Waals surface area contributed by atoms with Crippen molar-refractivity contribution < 1.29 is 19.2 Å². The predicted molar refractivity (Wildman–Crippen MR) is 91.2 cm³/mol. The highest BCUT2D eigenvalue weighted by molar-refractivity contribution is 5.76. The van der Waals surface area contributed by atoms with E-state index in [1.807, 2.05) is 20.8 Å². The summed E-state index contributed by atoms with van der Waals surface area (Å²) in [6, 6.07) is 0.229. The molecule has 0 radical (unpaired) electrons. The van der Waals surface area contributed by atoms with Gasteiger partial charge in [0.25, 0.3) is 0 Å². The minimum Gasteiger partial charge on any atom is -0.459 e. The van der Waals surface area contributed by atoms with Crippen molar-refractivity contribution in [3.05, 3.63) is 0 Å². The van der Waals surface area contributed by atoms with Gasteiger partial charge in [-0.05, 0) is 53.0 Å². The maximum absolute atomic E-state index is 12.6. The zero-order valence-corrected chi connectivity index (χ0v) is 15.5. The van der Waals surface area contributed by atoms with Crippen molar-refractivity contribution in [1.29, 1.82) is 0 Å². The van der Waals surface area contributed by atoms with Crippen molar-refractivity contribution in [2.24, 2.45) is 0 Å². The number of hydrogen-bond donors (Lipinski definition) is 0. The van der Waals surface area contributed by atoms with E-state index in [0.717, 1.165) is 51.7 Å². The molecule has 2 aliphatic heterocycles. The highest BCUT2D eigenvalue weighted by Gasteiger charge is 2.37. The van der Waals surface area contributed by atoms with Crippen LogP contribution in [0.3, 0.4) is 0 Å². The monoisotopic (exact) mass is 340 g/mol. The summed E-state index contributed by atoms with van der Waals surface area (Å²) in [7, 11) is 0. The first-order valence-corrected chi connectivity index (χ1v) is 9.24. The second kappa shape index (κ2) is 8.30. The van der Waals surface area contributed by atoms with E-state index in [1.165, 1.54) is 0 Å². The van der Waals surface area contributed by atoms with Crippen molar-refractivity contribution in [1.82, 2.24) is 9.96 Å². The van der Waals surface area contributed by atoms with Crippen LogP contribution in [0.15, 0.2) is 0 Å². The first-order chi connectivity index (χ1) is 11.3. The zero-order chi connectivity index (χ0) is 17.7. The van der Waals surface area contributed by atoms with Gasteiger partial charge in [0.15, 0.2) is 0 Å². The largest absolute Gasteiger partial charge is 0.459 e. The Hall–Kier alpha value is -1.14. The number of likely N-dealkylation sites (tertiary alicyclic amines) is 1. The van der Waals surface area contributed by atoms with Crippen LogP contribution in [0.1, 0.15) is 66.2 Å². The molecule has 0 aliphatic carbocycles. The lowest BCUT2D eigenvalue weighted by Crippen LogP contribution is -2.54. The molecule has 0 bridgehead atoms. The molecule has 24 heavy (non-hydrogen) atoms. The third-order valence-electron chi connectivity index (χ3n) is 4.64. The van der Waals surface area contributed by atoms with Crippen LogP contribution in [-0.2, 0) is 19.2 Å². The predicted octanol–water partition coefficient (Wildman–Crippen LogP) is 2.52. The van der Waals surface area contributed by atoms with E-state index in [2.05, 4.69) is 4.90 Å². The van der Waals surface area contributed by atoms with Crippen LogP contribution in [0.4, 0.5) is 0 Å². The molecule has 0 N–H and O–H groups in total. The van der Waals surface area contributed by atoms with E-state index in [4.69, 9.17) is 9.57 Å². The van der Waals surface area contributed by atoms with Crippen LogP contribution in [-0.4, -0.2) is 59.2 Å². The van der Waals surface area contributed by atoms with Crippen molar-refractivity contribution in [2.75, 3.05) is 19.6 Å². The first kappa shape index (κ1) is 19.2. The van der Waals surface area contributed by atoms with Gasteiger partial charge >= 0.3 is 11.9 Å². The Balaban J connectivity index is 1.91. The molecule has 0 aromatic heterocycles. The Kier molecular flexibility index (Phi) is 6.63. The molecule has 0 aromatic carbocycles. The van der Waals surface area contributed by atoms with E-state index < -0.39 is 5.60 Å². The normalized spacial score (nSPS) is 24.6. The molecule has 0 saturated carbocycles. The number of hydroxylamine groups is 2. The van der Waals surface area contributed by atoms with Gasteiger partial charge in [0.05, 0.1) is 0 Å². The van der Waals surface area contributed by atoms with Crippen LogP contribution in [0, 0.1) is 0 Å². The maximum atomic E-state index is 12.6. The van der Waals surface area contributed by atoms with Crippen LogP contribution in [0.2, 0.25) is 0 Å².